The fourth-order valence-electron chi connectivity index (χ4n) is 3.29. The van der Waals surface area contributed by atoms with Crippen LogP contribution >= 0.6 is 11.8 Å². The first-order valence-electron chi connectivity index (χ1n) is 7.88. The topological polar surface area (TPSA) is 75.2 Å². The predicted octanol–water partition coefficient (Wildman–Crippen LogP) is 1.85. The molecule has 116 valence electrons. The number of aromatic nitrogens is 3. The number of thioether (sulfide) groups is 1. The number of hydrogen-bond acceptors (Lipinski definition) is 6. The van der Waals surface area contributed by atoms with Gasteiger partial charge in [0.1, 0.15) is 5.82 Å². The summed E-state index contributed by atoms with van der Waals surface area (Å²) >= 11 is 1.72. The van der Waals surface area contributed by atoms with Crippen molar-refractivity contribution in [3.63, 3.8) is 0 Å². The van der Waals surface area contributed by atoms with Gasteiger partial charge in [-0.15, -0.1) is 10.2 Å². The minimum atomic E-state index is -0.266. The Morgan fingerprint density at radius 1 is 1.29 bits per heavy atom. The van der Waals surface area contributed by atoms with Gasteiger partial charge in [-0.05, 0) is 25.7 Å². The quantitative estimate of drug-likeness (QED) is 0.837. The molecule has 2 aliphatic carbocycles. The molecule has 0 amide bonds. The van der Waals surface area contributed by atoms with Gasteiger partial charge in [-0.3, -0.25) is 0 Å². The van der Waals surface area contributed by atoms with E-state index in [2.05, 4.69) is 14.8 Å². The smallest absolute Gasteiger partial charge is 0.191 e. The van der Waals surface area contributed by atoms with Crippen molar-refractivity contribution >= 4 is 11.8 Å². The summed E-state index contributed by atoms with van der Waals surface area (Å²) in [7, 11) is 0. The van der Waals surface area contributed by atoms with E-state index in [4.69, 9.17) is 15.2 Å². The Hall–Kier alpha value is -0.630. The zero-order chi connectivity index (χ0) is 14.3. The molecule has 2 N–H and O–H groups in total. The molecule has 1 unspecified atom stereocenters. The monoisotopic (exact) mass is 310 g/mol. The number of hydrogen-bond donors (Lipinski definition) is 1. The lowest BCUT2D eigenvalue weighted by Gasteiger charge is -2.21. The van der Waals surface area contributed by atoms with E-state index in [1.807, 2.05) is 0 Å². The molecule has 1 saturated heterocycles. The molecule has 4 rings (SSSR count). The molecule has 0 aromatic carbocycles. The van der Waals surface area contributed by atoms with Crippen molar-refractivity contribution in [1.29, 1.82) is 0 Å². The van der Waals surface area contributed by atoms with Crippen LogP contribution in [0.1, 0.15) is 50.4 Å². The Morgan fingerprint density at radius 2 is 2.10 bits per heavy atom. The minimum Gasteiger partial charge on any atom is -0.347 e. The van der Waals surface area contributed by atoms with E-state index in [9.17, 15) is 0 Å². The molecule has 21 heavy (non-hydrogen) atoms. The highest BCUT2D eigenvalue weighted by Crippen LogP contribution is 2.41. The van der Waals surface area contributed by atoms with Gasteiger partial charge in [0, 0.05) is 24.6 Å². The molecule has 1 spiro atoms. The number of nitrogens with two attached hydrogens (primary N) is 1. The standard InChI is InChI=1S/C14H22N4O2S/c15-7-12-16-17-13(18(12)10-3-4-10)21-9-11-8-19-14(20-11)5-1-2-6-14/h10-11H,1-9,15H2. The summed E-state index contributed by atoms with van der Waals surface area (Å²) in [4.78, 5) is 0. The average molecular weight is 310 g/mol. The zero-order valence-corrected chi connectivity index (χ0v) is 13.0. The number of ether oxygens (including phenoxy) is 2. The largest absolute Gasteiger partial charge is 0.347 e. The van der Waals surface area contributed by atoms with Crippen molar-refractivity contribution in [2.24, 2.45) is 5.73 Å². The van der Waals surface area contributed by atoms with Gasteiger partial charge in [-0.25, -0.2) is 0 Å². The van der Waals surface area contributed by atoms with Crippen LogP contribution in [0, 0.1) is 0 Å². The second-order valence-corrected chi connectivity index (χ2v) is 7.17. The molecule has 0 bridgehead atoms. The number of rotatable bonds is 5. The lowest BCUT2D eigenvalue weighted by Crippen LogP contribution is -2.27. The summed E-state index contributed by atoms with van der Waals surface area (Å²) in [5.41, 5.74) is 5.75. The van der Waals surface area contributed by atoms with Crippen LogP contribution in [0.25, 0.3) is 0 Å². The molecule has 3 fully saturated rings. The molecule has 1 aliphatic heterocycles. The van der Waals surface area contributed by atoms with Crippen LogP contribution in [0.15, 0.2) is 5.16 Å². The summed E-state index contributed by atoms with van der Waals surface area (Å²) in [5, 5.41) is 9.49. The van der Waals surface area contributed by atoms with E-state index in [1.165, 1.54) is 25.7 Å². The van der Waals surface area contributed by atoms with Gasteiger partial charge in [0.2, 0.25) is 0 Å². The van der Waals surface area contributed by atoms with E-state index in [1.54, 1.807) is 11.8 Å². The summed E-state index contributed by atoms with van der Waals surface area (Å²) in [6, 6.07) is 0.558. The van der Waals surface area contributed by atoms with E-state index in [-0.39, 0.29) is 11.9 Å². The van der Waals surface area contributed by atoms with Crippen molar-refractivity contribution in [1.82, 2.24) is 14.8 Å². The van der Waals surface area contributed by atoms with Crippen LogP contribution < -0.4 is 5.73 Å². The second kappa shape index (κ2) is 5.53. The fraction of sp³-hybridized carbons (Fsp3) is 0.857. The molecule has 2 heterocycles. The molecule has 7 heteroatoms. The van der Waals surface area contributed by atoms with Crippen LogP contribution in [0.3, 0.4) is 0 Å². The molecule has 1 atom stereocenters. The van der Waals surface area contributed by atoms with Crippen molar-refractivity contribution < 1.29 is 9.47 Å². The maximum Gasteiger partial charge on any atom is 0.191 e. The first-order chi connectivity index (χ1) is 10.3. The van der Waals surface area contributed by atoms with Gasteiger partial charge in [0.25, 0.3) is 0 Å². The summed E-state index contributed by atoms with van der Waals surface area (Å²) in [5.74, 6) is 1.51. The van der Waals surface area contributed by atoms with E-state index < -0.39 is 0 Å². The highest BCUT2D eigenvalue weighted by Gasteiger charge is 2.43. The second-order valence-electron chi connectivity index (χ2n) is 6.18. The van der Waals surface area contributed by atoms with Crippen molar-refractivity contribution in [3.05, 3.63) is 5.82 Å². The fourth-order valence-corrected chi connectivity index (χ4v) is 4.28. The highest BCUT2D eigenvalue weighted by atomic mass is 32.2. The molecule has 0 radical (unpaired) electrons. The van der Waals surface area contributed by atoms with E-state index >= 15 is 0 Å². The van der Waals surface area contributed by atoms with Crippen LogP contribution in [-0.2, 0) is 16.0 Å². The van der Waals surface area contributed by atoms with E-state index in [0.717, 1.165) is 29.6 Å². The van der Waals surface area contributed by atoms with E-state index in [0.29, 0.717) is 19.2 Å². The third kappa shape index (κ3) is 2.72. The van der Waals surface area contributed by atoms with Crippen molar-refractivity contribution in [2.75, 3.05) is 12.4 Å². The zero-order valence-electron chi connectivity index (χ0n) is 12.2. The Bertz CT molecular complexity index is 511. The van der Waals surface area contributed by atoms with Gasteiger partial charge in [-0.1, -0.05) is 11.8 Å². The molecule has 1 aromatic heterocycles. The van der Waals surface area contributed by atoms with Gasteiger partial charge in [0.15, 0.2) is 10.9 Å². The van der Waals surface area contributed by atoms with Crippen LogP contribution in [0.2, 0.25) is 0 Å². The maximum absolute atomic E-state index is 6.16. The predicted molar refractivity (Wildman–Crippen MR) is 78.9 cm³/mol. The van der Waals surface area contributed by atoms with Gasteiger partial charge in [0.05, 0.1) is 19.3 Å². The summed E-state index contributed by atoms with van der Waals surface area (Å²) < 4.78 is 14.3. The lowest BCUT2D eigenvalue weighted by atomic mass is 10.2. The van der Waals surface area contributed by atoms with Gasteiger partial charge in [-0.2, -0.15) is 0 Å². The molecule has 3 aliphatic rings. The molecular weight excluding hydrogens is 288 g/mol. The lowest BCUT2D eigenvalue weighted by molar-refractivity contribution is -0.159. The van der Waals surface area contributed by atoms with Gasteiger partial charge < -0.3 is 19.8 Å². The summed E-state index contributed by atoms with van der Waals surface area (Å²) in [6.45, 7) is 1.16. The summed E-state index contributed by atoms with van der Waals surface area (Å²) in [6.07, 6.45) is 7.12. The molecule has 6 nitrogen and oxygen atoms in total. The highest BCUT2D eigenvalue weighted by molar-refractivity contribution is 7.99. The molecule has 1 aromatic rings. The SMILES string of the molecule is NCc1nnc(SCC2COC3(CCCC3)O2)n1C1CC1. The number of nitrogens with zero attached hydrogens (tertiary/aromatic N) is 3. The van der Waals surface area contributed by atoms with Gasteiger partial charge >= 0.3 is 0 Å². The van der Waals surface area contributed by atoms with Crippen molar-refractivity contribution in [2.45, 2.75) is 68.2 Å². The first-order valence-corrected chi connectivity index (χ1v) is 8.87. The van der Waals surface area contributed by atoms with Crippen LogP contribution in [-0.4, -0.2) is 39.0 Å². The third-order valence-corrected chi connectivity index (χ3v) is 5.58. The Kier molecular flexibility index (Phi) is 3.69. The van der Waals surface area contributed by atoms with Crippen LogP contribution in [0.4, 0.5) is 0 Å². The van der Waals surface area contributed by atoms with Crippen LogP contribution in [0.5, 0.6) is 0 Å². The normalized spacial score (nSPS) is 27.8. The first kappa shape index (κ1) is 14.0. The minimum absolute atomic E-state index is 0.166. The average Bonchev–Trinajstić information content (AvgIpc) is 2.95. The Labute approximate surface area is 128 Å². The molecular formula is C14H22N4O2S. The molecule has 2 saturated carbocycles. The Balaban J connectivity index is 1.38. The third-order valence-electron chi connectivity index (χ3n) is 4.51. The maximum atomic E-state index is 6.16. The Morgan fingerprint density at radius 3 is 2.81 bits per heavy atom. The van der Waals surface area contributed by atoms with Crippen molar-refractivity contribution in [3.8, 4) is 0 Å².